The summed E-state index contributed by atoms with van der Waals surface area (Å²) in [6.45, 7) is 0. The number of para-hydroxylation sites is 1. The van der Waals surface area contributed by atoms with Crippen LogP contribution < -0.4 is 4.74 Å². The Morgan fingerprint density at radius 2 is 0.910 bits per heavy atom. The Bertz CT molecular complexity index is 3850. The van der Waals surface area contributed by atoms with Crippen LogP contribution in [0, 0.1) is 11.3 Å². The quantitative estimate of drug-likeness (QED) is 0.166. The summed E-state index contributed by atoms with van der Waals surface area (Å²) in [6, 6.07) is 80.4. The van der Waals surface area contributed by atoms with Crippen molar-refractivity contribution in [3.8, 4) is 57.4 Å². The predicted molar refractivity (Wildman–Crippen MR) is 269 cm³/mol. The number of nitriles is 1. The molecule has 0 saturated carbocycles. The highest BCUT2D eigenvalue weighted by Gasteiger charge is 2.45. The number of fused-ring (bicyclic) bond motifs is 7. The molecule has 0 saturated heterocycles. The van der Waals surface area contributed by atoms with Crippen molar-refractivity contribution in [3.63, 3.8) is 0 Å². The lowest BCUT2D eigenvalue weighted by Crippen LogP contribution is -2.34. The molecular weight excluding hydrogens is 819 g/mol. The van der Waals surface area contributed by atoms with E-state index in [2.05, 4.69) is 187 Å². The van der Waals surface area contributed by atoms with Crippen molar-refractivity contribution in [1.82, 2.24) is 19.5 Å². The number of hydrogen-bond donors (Lipinski definition) is 0. The highest BCUT2D eigenvalue weighted by Crippen LogP contribution is 2.56. The van der Waals surface area contributed by atoms with Crippen LogP contribution in [0.25, 0.3) is 83.2 Å². The van der Waals surface area contributed by atoms with Gasteiger partial charge in [-0.15, -0.1) is 0 Å². The molecule has 6 nitrogen and oxygen atoms in total. The van der Waals surface area contributed by atoms with Gasteiger partial charge in [0.2, 0.25) is 5.95 Å². The molecule has 2 aromatic heterocycles. The Labute approximate surface area is 386 Å². The van der Waals surface area contributed by atoms with E-state index in [1.54, 1.807) is 0 Å². The Hall–Kier alpha value is -9.18. The molecule has 1 aliphatic rings. The van der Waals surface area contributed by atoms with Gasteiger partial charge in [0, 0.05) is 33.0 Å². The van der Waals surface area contributed by atoms with Gasteiger partial charge >= 0.3 is 0 Å². The van der Waals surface area contributed by atoms with Crippen molar-refractivity contribution >= 4 is 43.4 Å². The van der Waals surface area contributed by atoms with Crippen LogP contribution in [0.3, 0.4) is 0 Å². The zero-order valence-corrected chi connectivity index (χ0v) is 36.0. The molecule has 67 heavy (non-hydrogen) atoms. The molecule has 10 aromatic carbocycles. The second-order valence-corrected chi connectivity index (χ2v) is 17.1. The fourth-order valence-corrected chi connectivity index (χ4v) is 10.3. The van der Waals surface area contributed by atoms with E-state index in [0.717, 1.165) is 88.2 Å². The lowest BCUT2D eigenvalue weighted by molar-refractivity contribution is 0.435. The van der Waals surface area contributed by atoms with Crippen LogP contribution in [0.15, 0.2) is 224 Å². The lowest BCUT2D eigenvalue weighted by atomic mass is 9.63. The summed E-state index contributed by atoms with van der Waals surface area (Å²) in [5.74, 6) is 3.24. The summed E-state index contributed by atoms with van der Waals surface area (Å²) in [7, 11) is 0. The molecule has 0 spiro atoms. The minimum absolute atomic E-state index is 0.484. The average molecular weight is 856 g/mol. The molecule has 0 N–H and O–H groups in total. The number of aromatic nitrogens is 4. The molecule has 0 bridgehead atoms. The van der Waals surface area contributed by atoms with Crippen LogP contribution in [0.1, 0.15) is 27.8 Å². The van der Waals surface area contributed by atoms with Crippen LogP contribution in [-0.2, 0) is 5.41 Å². The SMILES string of the molecule is N#Cc1ccc2c(c1)c1cc(-c3ccc4c(c3)Oc3ccccc3C4(c3ccccc3)c3ccccc3)ccc1n2-c1nc(-c2ccc3ccccc3c2)nc(-c2ccc3ccccc3c2)n1. The van der Waals surface area contributed by atoms with E-state index >= 15 is 0 Å². The third-order valence-electron chi connectivity index (χ3n) is 13.4. The number of ether oxygens (including phenoxy) is 1. The van der Waals surface area contributed by atoms with E-state index in [1.807, 2.05) is 48.5 Å². The fraction of sp³-hybridized carbons (Fsp3) is 0.0164. The standard InChI is InChI=1S/C61H37N5O/c62-38-39-23-31-54-50(33-39)51-36-44(45-28-30-53-57(37-45)67-56-22-12-11-21-52(56)61(53,48-17-3-1-4-18-48)49-19-5-2-6-20-49)29-32-55(51)66(54)60-64-58(46-26-24-40-13-7-9-15-42(40)34-46)63-59(65-60)47-27-25-41-14-8-10-16-43(41)35-47/h1-37H. The van der Waals surface area contributed by atoms with E-state index in [-0.39, 0.29) is 0 Å². The molecule has 12 aromatic rings. The molecule has 3 heterocycles. The van der Waals surface area contributed by atoms with Gasteiger partial charge < -0.3 is 4.74 Å². The van der Waals surface area contributed by atoms with Gasteiger partial charge in [-0.1, -0.05) is 170 Å². The molecule has 0 aliphatic carbocycles. The lowest BCUT2D eigenvalue weighted by Gasteiger charge is -2.41. The molecular formula is C61H37N5O. The largest absolute Gasteiger partial charge is 0.457 e. The van der Waals surface area contributed by atoms with Gasteiger partial charge in [-0.05, 0) is 98.4 Å². The maximum atomic E-state index is 10.2. The van der Waals surface area contributed by atoms with Crippen LogP contribution in [0.4, 0.5) is 0 Å². The molecule has 1 aliphatic heterocycles. The van der Waals surface area contributed by atoms with Crippen molar-refractivity contribution < 1.29 is 4.74 Å². The maximum absolute atomic E-state index is 10.2. The first-order chi connectivity index (χ1) is 33.1. The first-order valence-corrected chi connectivity index (χ1v) is 22.4. The van der Waals surface area contributed by atoms with Crippen molar-refractivity contribution in [2.24, 2.45) is 0 Å². The molecule has 312 valence electrons. The summed E-state index contributed by atoms with van der Waals surface area (Å²) in [4.78, 5) is 15.7. The van der Waals surface area contributed by atoms with E-state index in [0.29, 0.717) is 23.2 Å². The van der Waals surface area contributed by atoms with Crippen LogP contribution in [0.5, 0.6) is 11.5 Å². The van der Waals surface area contributed by atoms with Crippen molar-refractivity contribution in [2.45, 2.75) is 5.41 Å². The molecule has 13 rings (SSSR count). The van der Waals surface area contributed by atoms with Gasteiger partial charge in [-0.3, -0.25) is 4.57 Å². The van der Waals surface area contributed by atoms with Crippen LogP contribution in [-0.4, -0.2) is 19.5 Å². The van der Waals surface area contributed by atoms with E-state index in [1.165, 1.54) is 11.1 Å². The van der Waals surface area contributed by atoms with Gasteiger partial charge in [-0.25, -0.2) is 4.98 Å². The minimum Gasteiger partial charge on any atom is -0.457 e. The average Bonchev–Trinajstić information content (AvgIpc) is 3.73. The van der Waals surface area contributed by atoms with Gasteiger partial charge in [0.1, 0.15) is 11.5 Å². The topological polar surface area (TPSA) is 76.6 Å². The number of benzene rings is 10. The zero-order valence-electron chi connectivity index (χ0n) is 36.0. The van der Waals surface area contributed by atoms with Crippen LogP contribution >= 0.6 is 0 Å². The molecule has 0 unspecified atom stereocenters. The number of hydrogen-bond acceptors (Lipinski definition) is 5. The normalized spacial score (nSPS) is 12.7. The molecule has 6 heteroatoms. The van der Waals surface area contributed by atoms with E-state index in [9.17, 15) is 5.26 Å². The molecule has 0 fully saturated rings. The second-order valence-electron chi connectivity index (χ2n) is 17.1. The van der Waals surface area contributed by atoms with Gasteiger partial charge in [0.25, 0.3) is 0 Å². The first kappa shape index (κ1) is 38.3. The Morgan fingerprint density at radius 3 is 1.55 bits per heavy atom. The monoisotopic (exact) mass is 855 g/mol. The maximum Gasteiger partial charge on any atom is 0.238 e. The first-order valence-electron chi connectivity index (χ1n) is 22.4. The van der Waals surface area contributed by atoms with E-state index < -0.39 is 5.41 Å². The number of rotatable bonds is 6. The third-order valence-corrected chi connectivity index (χ3v) is 13.4. The van der Waals surface area contributed by atoms with Crippen molar-refractivity contribution in [3.05, 3.63) is 252 Å². The van der Waals surface area contributed by atoms with Gasteiger partial charge in [-0.2, -0.15) is 15.2 Å². The Balaban J connectivity index is 1.01. The molecule has 0 amide bonds. The third kappa shape index (κ3) is 6.14. The Kier molecular flexibility index (Phi) is 8.70. The summed E-state index contributed by atoms with van der Waals surface area (Å²) in [6.07, 6.45) is 0. The summed E-state index contributed by atoms with van der Waals surface area (Å²) in [5, 5.41) is 16.6. The molecule has 0 atom stereocenters. The zero-order chi connectivity index (χ0) is 44.5. The second kappa shape index (κ2) is 15.2. The summed E-state index contributed by atoms with van der Waals surface area (Å²) in [5.41, 5.74) is 10.0. The Morgan fingerprint density at radius 1 is 0.403 bits per heavy atom. The fourth-order valence-electron chi connectivity index (χ4n) is 10.3. The highest BCUT2D eigenvalue weighted by molar-refractivity contribution is 6.10. The summed E-state index contributed by atoms with van der Waals surface area (Å²) >= 11 is 0. The summed E-state index contributed by atoms with van der Waals surface area (Å²) < 4.78 is 8.97. The smallest absolute Gasteiger partial charge is 0.238 e. The molecule has 0 radical (unpaired) electrons. The van der Waals surface area contributed by atoms with E-state index in [4.69, 9.17) is 19.7 Å². The highest BCUT2D eigenvalue weighted by atomic mass is 16.5. The van der Waals surface area contributed by atoms with Crippen molar-refractivity contribution in [1.29, 1.82) is 5.26 Å². The number of nitrogens with zero attached hydrogens (tertiary/aromatic N) is 5. The van der Waals surface area contributed by atoms with Gasteiger partial charge in [0.05, 0.1) is 28.1 Å². The minimum atomic E-state index is -0.613. The predicted octanol–water partition coefficient (Wildman–Crippen LogP) is 14.6. The van der Waals surface area contributed by atoms with Crippen molar-refractivity contribution in [2.75, 3.05) is 0 Å². The van der Waals surface area contributed by atoms with Crippen LogP contribution in [0.2, 0.25) is 0 Å². The van der Waals surface area contributed by atoms with Gasteiger partial charge in [0.15, 0.2) is 11.6 Å².